The van der Waals surface area contributed by atoms with E-state index < -0.39 is 22.1 Å². The highest BCUT2D eigenvalue weighted by atomic mass is 35.5. The van der Waals surface area contributed by atoms with Crippen molar-refractivity contribution in [2.45, 2.75) is 36.9 Å². The Morgan fingerprint density at radius 1 is 1.09 bits per heavy atom. The molecule has 5 nitrogen and oxygen atoms in total. The lowest BCUT2D eigenvalue weighted by molar-refractivity contribution is -0.274. The number of rotatable bonds is 7. The van der Waals surface area contributed by atoms with Crippen molar-refractivity contribution in [3.8, 4) is 5.75 Å². The zero-order valence-electron chi connectivity index (χ0n) is 18.5. The fourth-order valence-electron chi connectivity index (χ4n) is 4.36. The fourth-order valence-corrected chi connectivity index (χ4v) is 5.88. The molecule has 4 rings (SSSR count). The zero-order chi connectivity index (χ0) is 25.2. The van der Waals surface area contributed by atoms with Crippen LogP contribution in [-0.2, 0) is 16.4 Å². The van der Waals surface area contributed by atoms with Crippen molar-refractivity contribution >= 4 is 38.9 Å². The van der Waals surface area contributed by atoms with Crippen LogP contribution >= 0.6 is 23.2 Å². The monoisotopic (exact) mass is 546 g/mol. The van der Waals surface area contributed by atoms with Gasteiger partial charge in [-0.2, -0.15) is 0 Å². The lowest BCUT2D eigenvalue weighted by Gasteiger charge is -2.32. The Morgan fingerprint density at radius 3 is 2.54 bits per heavy atom. The van der Waals surface area contributed by atoms with Crippen LogP contribution in [-0.4, -0.2) is 27.9 Å². The van der Waals surface area contributed by atoms with Gasteiger partial charge in [0.15, 0.2) is 0 Å². The lowest BCUT2D eigenvalue weighted by atomic mass is 9.91. The Hall–Kier alpha value is -2.20. The summed E-state index contributed by atoms with van der Waals surface area (Å²) in [6, 6.07) is 9.87. The number of halogens is 5. The summed E-state index contributed by atoms with van der Waals surface area (Å²) in [5.41, 5.74) is 3.31. The van der Waals surface area contributed by atoms with Crippen LogP contribution in [0, 0.1) is 5.92 Å². The van der Waals surface area contributed by atoms with E-state index in [1.54, 1.807) is 0 Å². The van der Waals surface area contributed by atoms with E-state index in [2.05, 4.69) is 14.4 Å². The quantitative estimate of drug-likeness (QED) is 0.409. The smallest absolute Gasteiger partial charge is 0.406 e. The number of ether oxygens (including phenoxy) is 1. The van der Waals surface area contributed by atoms with Gasteiger partial charge < -0.3 is 9.64 Å². The molecule has 2 aliphatic rings. The highest BCUT2D eigenvalue weighted by Gasteiger charge is 2.31. The van der Waals surface area contributed by atoms with Crippen LogP contribution in [0.25, 0.3) is 0 Å². The molecule has 2 aromatic carbocycles. The predicted octanol–water partition coefficient (Wildman–Crippen LogP) is 6.39. The average Bonchev–Trinajstić information content (AvgIpc) is 2.92. The first-order chi connectivity index (χ1) is 16.5. The zero-order valence-corrected chi connectivity index (χ0v) is 20.8. The normalized spacial score (nSPS) is 18.2. The van der Waals surface area contributed by atoms with Crippen molar-refractivity contribution < 1.29 is 26.3 Å². The Labute approximate surface area is 212 Å². The van der Waals surface area contributed by atoms with Crippen molar-refractivity contribution in [3.05, 3.63) is 75.9 Å². The molecule has 0 aromatic heterocycles. The molecule has 0 spiro atoms. The van der Waals surface area contributed by atoms with Gasteiger partial charge in [0.2, 0.25) is 10.0 Å². The summed E-state index contributed by atoms with van der Waals surface area (Å²) in [6.07, 6.45) is 2.12. The highest BCUT2D eigenvalue weighted by molar-refractivity contribution is 7.89. The number of aryl methyl sites for hydroxylation is 1. The first kappa shape index (κ1) is 25.9. The molecule has 0 fully saturated rings. The molecule has 1 unspecified atom stereocenters. The summed E-state index contributed by atoms with van der Waals surface area (Å²) >= 11 is 12.5. The minimum Gasteiger partial charge on any atom is -0.406 e. The number of benzene rings is 2. The van der Waals surface area contributed by atoms with Gasteiger partial charge in [0.25, 0.3) is 0 Å². The van der Waals surface area contributed by atoms with Crippen LogP contribution in [0.2, 0.25) is 5.02 Å². The predicted molar refractivity (Wildman–Crippen MR) is 130 cm³/mol. The number of alkyl halides is 3. The topological polar surface area (TPSA) is 58.6 Å². The van der Waals surface area contributed by atoms with E-state index in [9.17, 15) is 21.6 Å². The second kappa shape index (κ2) is 10.4. The number of nitrogens with zero attached hydrogens (tertiary/aromatic N) is 1. The molecule has 1 heterocycles. The van der Waals surface area contributed by atoms with Crippen molar-refractivity contribution in [2.24, 2.45) is 5.92 Å². The van der Waals surface area contributed by atoms with Crippen molar-refractivity contribution in [2.75, 3.05) is 18.0 Å². The maximum atomic E-state index is 12.6. The van der Waals surface area contributed by atoms with E-state index in [1.165, 1.54) is 0 Å². The van der Waals surface area contributed by atoms with Crippen molar-refractivity contribution in [3.63, 3.8) is 0 Å². The maximum Gasteiger partial charge on any atom is 0.573 e. The van der Waals surface area contributed by atoms with Crippen LogP contribution in [0.1, 0.15) is 24.8 Å². The standard InChI is InChI=1S/C24H23Cl2F3N2O3S/c25-18-4-10-22-16(14-18)2-3-17-15-19(26)5-11-23(17)31(22)13-1-12-30-35(32,33)21-8-6-20(7-9-21)34-24(27,28)29/h4-11,14,17,30H,1-3,12-13,15H2. The van der Waals surface area contributed by atoms with E-state index >= 15 is 0 Å². The molecule has 1 atom stereocenters. The molecule has 0 radical (unpaired) electrons. The molecular formula is C24H23Cl2F3N2O3S. The summed E-state index contributed by atoms with van der Waals surface area (Å²) < 4.78 is 68.5. The maximum absolute atomic E-state index is 12.6. The van der Waals surface area contributed by atoms with Crippen molar-refractivity contribution in [1.29, 1.82) is 0 Å². The summed E-state index contributed by atoms with van der Waals surface area (Å²) in [4.78, 5) is 2.05. The lowest BCUT2D eigenvalue weighted by Crippen LogP contribution is -2.32. The number of hydrogen-bond donors (Lipinski definition) is 1. The van der Waals surface area contributed by atoms with E-state index in [4.69, 9.17) is 23.2 Å². The third-order valence-corrected chi connectivity index (χ3v) is 7.91. The van der Waals surface area contributed by atoms with Crippen LogP contribution in [0.15, 0.2) is 70.2 Å². The Bertz CT molecular complexity index is 1250. The molecule has 11 heteroatoms. The molecule has 35 heavy (non-hydrogen) atoms. The Morgan fingerprint density at radius 2 is 1.83 bits per heavy atom. The SMILES string of the molecule is O=S(=O)(NCCCN1C2=CC=C(Cl)CC2CCc2cc(Cl)ccc21)c1ccc(OC(F)(F)F)cc1. The number of sulfonamides is 1. The van der Waals surface area contributed by atoms with Gasteiger partial charge in [0.1, 0.15) is 5.75 Å². The van der Waals surface area contributed by atoms with E-state index in [1.807, 2.05) is 30.4 Å². The van der Waals surface area contributed by atoms with Gasteiger partial charge in [-0.1, -0.05) is 23.2 Å². The summed E-state index contributed by atoms with van der Waals surface area (Å²) in [7, 11) is -3.89. The third-order valence-electron chi connectivity index (χ3n) is 5.92. The van der Waals surface area contributed by atoms with Gasteiger partial charge in [-0.3, -0.25) is 0 Å². The summed E-state index contributed by atoms with van der Waals surface area (Å²) in [5.74, 6) is -0.228. The highest BCUT2D eigenvalue weighted by Crippen LogP contribution is 2.41. The van der Waals surface area contributed by atoms with Gasteiger partial charge >= 0.3 is 6.36 Å². The molecule has 1 N–H and O–H groups in total. The molecule has 0 saturated heterocycles. The summed E-state index contributed by atoms with van der Waals surface area (Å²) in [6.45, 7) is 0.709. The van der Waals surface area contributed by atoms with Gasteiger partial charge in [0.05, 0.1) is 4.90 Å². The second-order valence-corrected chi connectivity index (χ2v) is 11.0. The number of hydrogen-bond acceptors (Lipinski definition) is 4. The molecule has 1 aliphatic carbocycles. The van der Waals surface area contributed by atoms with Gasteiger partial charge in [-0.25, -0.2) is 13.1 Å². The van der Waals surface area contributed by atoms with E-state index in [0.717, 1.165) is 65.5 Å². The largest absolute Gasteiger partial charge is 0.573 e. The van der Waals surface area contributed by atoms with Crippen LogP contribution < -0.4 is 14.4 Å². The van der Waals surface area contributed by atoms with E-state index in [-0.39, 0.29) is 17.4 Å². The summed E-state index contributed by atoms with van der Waals surface area (Å²) in [5, 5.41) is 1.47. The van der Waals surface area contributed by atoms with Gasteiger partial charge in [-0.15, -0.1) is 13.2 Å². The number of allylic oxidation sites excluding steroid dienone is 4. The van der Waals surface area contributed by atoms with E-state index in [0.29, 0.717) is 18.0 Å². The van der Waals surface area contributed by atoms with Crippen molar-refractivity contribution in [1.82, 2.24) is 4.72 Å². The molecule has 0 bridgehead atoms. The van der Waals surface area contributed by atoms with Crippen LogP contribution in [0.3, 0.4) is 0 Å². The third kappa shape index (κ3) is 6.52. The van der Waals surface area contributed by atoms with Crippen LogP contribution in [0.4, 0.5) is 18.9 Å². The average molecular weight is 547 g/mol. The minimum atomic E-state index is -4.84. The molecule has 188 valence electrons. The molecule has 2 aromatic rings. The molecule has 1 aliphatic heterocycles. The first-order valence-electron chi connectivity index (χ1n) is 11.0. The fraction of sp³-hybridized carbons (Fsp3) is 0.333. The van der Waals surface area contributed by atoms with Gasteiger partial charge in [0, 0.05) is 40.4 Å². The number of nitrogens with one attached hydrogen (secondary N) is 1. The minimum absolute atomic E-state index is 0.142. The molecule has 0 saturated carbocycles. The second-order valence-electron chi connectivity index (χ2n) is 8.34. The van der Waals surface area contributed by atoms with Crippen LogP contribution in [0.5, 0.6) is 5.75 Å². The Kier molecular flexibility index (Phi) is 7.71. The first-order valence-corrected chi connectivity index (χ1v) is 13.2. The number of fused-ring (bicyclic) bond motifs is 2. The molecular weight excluding hydrogens is 524 g/mol. The Balaban J connectivity index is 1.43. The van der Waals surface area contributed by atoms with Gasteiger partial charge in [-0.05, 0) is 85.9 Å². The molecule has 0 amide bonds. The number of anilines is 1.